The number of piperazine rings is 1. The van der Waals surface area contributed by atoms with Crippen molar-refractivity contribution in [3.8, 4) is 0 Å². The molecular formula is C13H26N2O2. The zero-order chi connectivity index (χ0) is 12.8. The average molecular weight is 242 g/mol. The van der Waals surface area contributed by atoms with Gasteiger partial charge in [-0.1, -0.05) is 6.92 Å². The number of ether oxygens (including phenoxy) is 1. The molecule has 1 aliphatic rings. The summed E-state index contributed by atoms with van der Waals surface area (Å²) in [5.41, 5.74) is 0. The van der Waals surface area contributed by atoms with Crippen LogP contribution in [0.3, 0.4) is 0 Å². The highest BCUT2D eigenvalue weighted by molar-refractivity contribution is 5.70. The topological polar surface area (TPSA) is 32.8 Å². The van der Waals surface area contributed by atoms with E-state index in [1.54, 1.807) is 0 Å². The minimum Gasteiger partial charge on any atom is -0.466 e. The van der Waals surface area contributed by atoms with Crippen LogP contribution >= 0.6 is 0 Å². The second-order valence-corrected chi connectivity index (χ2v) is 4.83. The summed E-state index contributed by atoms with van der Waals surface area (Å²) in [5, 5.41) is 0. The Balaban J connectivity index is 2.38. The van der Waals surface area contributed by atoms with Crippen LogP contribution in [0.15, 0.2) is 0 Å². The first kappa shape index (κ1) is 14.5. The number of carbonyl (C=O) groups excluding carboxylic acids is 1. The van der Waals surface area contributed by atoms with Crippen LogP contribution in [0.1, 0.15) is 34.1 Å². The first-order valence-electron chi connectivity index (χ1n) is 6.72. The minimum absolute atomic E-state index is 0.0782. The van der Waals surface area contributed by atoms with Gasteiger partial charge >= 0.3 is 5.97 Å². The number of rotatable bonds is 5. The van der Waals surface area contributed by atoms with Gasteiger partial charge in [0.25, 0.3) is 0 Å². The first-order valence-corrected chi connectivity index (χ1v) is 6.72. The van der Waals surface area contributed by atoms with Gasteiger partial charge in [-0.05, 0) is 27.3 Å². The normalized spacial score (nSPS) is 24.6. The standard InChI is InChI=1S/C13H26N2O2/c1-5-14-7-8-15(10-12(14)4)11(3)9-13(16)17-6-2/h11-12H,5-10H2,1-4H3. The quantitative estimate of drug-likeness (QED) is 0.681. The van der Waals surface area contributed by atoms with Crippen LogP contribution in [0, 0.1) is 0 Å². The highest BCUT2D eigenvalue weighted by Gasteiger charge is 2.26. The number of nitrogens with zero attached hydrogens (tertiary/aromatic N) is 2. The molecule has 4 nitrogen and oxygen atoms in total. The van der Waals surface area contributed by atoms with E-state index in [1.807, 2.05) is 6.92 Å². The molecule has 0 aromatic carbocycles. The third-order valence-corrected chi connectivity index (χ3v) is 3.59. The third kappa shape index (κ3) is 4.28. The molecule has 1 rings (SSSR count). The van der Waals surface area contributed by atoms with Gasteiger partial charge in [0.15, 0.2) is 0 Å². The van der Waals surface area contributed by atoms with Crippen molar-refractivity contribution in [3.05, 3.63) is 0 Å². The summed E-state index contributed by atoms with van der Waals surface area (Å²) in [4.78, 5) is 16.3. The largest absolute Gasteiger partial charge is 0.466 e. The summed E-state index contributed by atoms with van der Waals surface area (Å²) < 4.78 is 5.00. The molecule has 1 heterocycles. The number of likely N-dealkylation sites (N-methyl/N-ethyl adjacent to an activating group) is 1. The van der Waals surface area contributed by atoms with Gasteiger partial charge in [0.05, 0.1) is 13.0 Å². The van der Waals surface area contributed by atoms with Gasteiger partial charge in [0.1, 0.15) is 0 Å². The predicted octanol–water partition coefficient (Wildman–Crippen LogP) is 1.35. The Bertz CT molecular complexity index is 246. The van der Waals surface area contributed by atoms with Gasteiger partial charge in [-0.2, -0.15) is 0 Å². The van der Waals surface area contributed by atoms with E-state index in [1.165, 1.54) is 0 Å². The van der Waals surface area contributed by atoms with Crippen LogP contribution in [0.2, 0.25) is 0 Å². The molecule has 1 fully saturated rings. The summed E-state index contributed by atoms with van der Waals surface area (Å²) in [5.74, 6) is -0.0782. The zero-order valence-electron chi connectivity index (χ0n) is 11.6. The molecule has 0 aromatic heterocycles. The summed E-state index contributed by atoms with van der Waals surface area (Å²) in [7, 11) is 0. The van der Waals surface area contributed by atoms with Gasteiger partial charge in [-0.3, -0.25) is 14.6 Å². The van der Waals surface area contributed by atoms with Crippen molar-refractivity contribution in [2.45, 2.75) is 46.2 Å². The molecule has 0 saturated carbocycles. The van der Waals surface area contributed by atoms with Crippen LogP contribution in [-0.4, -0.2) is 60.6 Å². The van der Waals surface area contributed by atoms with E-state index in [4.69, 9.17) is 4.74 Å². The molecule has 0 aliphatic carbocycles. The Morgan fingerprint density at radius 2 is 2.12 bits per heavy atom. The van der Waals surface area contributed by atoms with Crippen molar-refractivity contribution in [2.24, 2.45) is 0 Å². The molecule has 0 N–H and O–H groups in total. The second kappa shape index (κ2) is 6.97. The zero-order valence-corrected chi connectivity index (χ0v) is 11.6. The molecule has 0 radical (unpaired) electrons. The van der Waals surface area contributed by atoms with Crippen molar-refractivity contribution in [1.29, 1.82) is 0 Å². The van der Waals surface area contributed by atoms with Gasteiger partial charge in [0, 0.05) is 31.7 Å². The Morgan fingerprint density at radius 3 is 2.65 bits per heavy atom. The molecule has 0 amide bonds. The van der Waals surface area contributed by atoms with E-state index >= 15 is 0 Å². The first-order chi connectivity index (χ1) is 8.08. The Kier molecular flexibility index (Phi) is 5.92. The fourth-order valence-electron chi connectivity index (χ4n) is 2.48. The minimum atomic E-state index is -0.0782. The van der Waals surface area contributed by atoms with Crippen molar-refractivity contribution in [3.63, 3.8) is 0 Å². The highest BCUT2D eigenvalue weighted by Crippen LogP contribution is 2.14. The predicted molar refractivity (Wildman–Crippen MR) is 69.0 cm³/mol. The number of esters is 1. The van der Waals surface area contributed by atoms with Crippen LogP contribution in [0.25, 0.3) is 0 Å². The number of hydrogen-bond acceptors (Lipinski definition) is 4. The highest BCUT2D eigenvalue weighted by atomic mass is 16.5. The van der Waals surface area contributed by atoms with Crippen LogP contribution < -0.4 is 0 Å². The smallest absolute Gasteiger partial charge is 0.307 e. The lowest BCUT2D eigenvalue weighted by Crippen LogP contribution is -2.54. The van der Waals surface area contributed by atoms with E-state index in [9.17, 15) is 4.79 Å². The summed E-state index contributed by atoms with van der Waals surface area (Å²) >= 11 is 0. The molecule has 0 bridgehead atoms. The van der Waals surface area contributed by atoms with E-state index in [2.05, 4.69) is 30.6 Å². The third-order valence-electron chi connectivity index (χ3n) is 3.59. The lowest BCUT2D eigenvalue weighted by molar-refractivity contribution is -0.144. The molecule has 4 heteroatoms. The van der Waals surface area contributed by atoms with E-state index in [0.717, 1.165) is 26.2 Å². The van der Waals surface area contributed by atoms with E-state index < -0.39 is 0 Å². The van der Waals surface area contributed by atoms with Crippen molar-refractivity contribution < 1.29 is 9.53 Å². The molecule has 2 atom stereocenters. The Morgan fingerprint density at radius 1 is 1.41 bits per heavy atom. The maximum atomic E-state index is 11.4. The van der Waals surface area contributed by atoms with Crippen LogP contribution in [-0.2, 0) is 9.53 Å². The maximum Gasteiger partial charge on any atom is 0.307 e. The SMILES string of the molecule is CCOC(=O)CC(C)N1CCN(CC)C(C)C1. The van der Waals surface area contributed by atoms with Gasteiger partial charge in [-0.15, -0.1) is 0 Å². The molecule has 0 aromatic rings. The molecule has 2 unspecified atom stereocenters. The summed E-state index contributed by atoms with van der Waals surface area (Å²) in [6.07, 6.45) is 0.507. The Labute approximate surface area is 105 Å². The maximum absolute atomic E-state index is 11.4. The number of hydrogen-bond donors (Lipinski definition) is 0. The summed E-state index contributed by atoms with van der Waals surface area (Å²) in [6, 6.07) is 0.869. The van der Waals surface area contributed by atoms with Gasteiger partial charge < -0.3 is 4.74 Å². The van der Waals surface area contributed by atoms with Crippen LogP contribution in [0.4, 0.5) is 0 Å². The van der Waals surface area contributed by atoms with E-state index in [0.29, 0.717) is 19.1 Å². The van der Waals surface area contributed by atoms with Crippen LogP contribution in [0.5, 0.6) is 0 Å². The van der Waals surface area contributed by atoms with Crippen molar-refractivity contribution in [1.82, 2.24) is 9.80 Å². The molecular weight excluding hydrogens is 216 g/mol. The molecule has 1 saturated heterocycles. The van der Waals surface area contributed by atoms with Crippen molar-refractivity contribution >= 4 is 5.97 Å². The second-order valence-electron chi connectivity index (χ2n) is 4.83. The average Bonchev–Trinajstić information content (AvgIpc) is 2.29. The molecule has 1 aliphatic heterocycles. The summed E-state index contributed by atoms with van der Waals surface area (Å²) in [6.45, 7) is 13.2. The number of carbonyl (C=O) groups is 1. The molecule has 17 heavy (non-hydrogen) atoms. The van der Waals surface area contributed by atoms with Gasteiger partial charge in [-0.25, -0.2) is 0 Å². The fraction of sp³-hybridized carbons (Fsp3) is 0.923. The van der Waals surface area contributed by atoms with E-state index in [-0.39, 0.29) is 12.0 Å². The van der Waals surface area contributed by atoms with Crippen molar-refractivity contribution in [2.75, 3.05) is 32.8 Å². The fourth-order valence-corrected chi connectivity index (χ4v) is 2.48. The lowest BCUT2D eigenvalue weighted by Gasteiger charge is -2.41. The molecule has 0 spiro atoms. The molecule has 100 valence electrons. The lowest BCUT2D eigenvalue weighted by atomic mass is 10.1. The van der Waals surface area contributed by atoms with Gasteiger partial charge in [0.2, 0.25) is 0 Å². The monoisotopic (exact) mass is 242 g/mol. The Hall–Kier alpha value is -0.610.